The van der Waals surface area contributed by atoms with Crippen LogP contribution in [0.5, 0.6) is 0 Å². The minimum atomic E-state index is -0.729. The van der Waals surface area contributed by atoms with E-state index in [1.165, 1.54) is 5.56 Å². The Morgan fingerprint density at radius 3 is 2.73 bits per heavy atom. The number of carboxylic acid groups (broad SMARTS) is 1. The van der Waals surface area contributed by atoms with E-state index in [1.807, 2.05) is 24.3 Å². The summed E-state index contributed by atoms with van der Waals surface area (Å²) in [5.41, 5.74) is 4.32. The first kappa shape index (κ1) is 16.5. The maximum absolute atomic E-state index is 11.5. The van der Waals surface area contributed by atoms with Gasteiger partial charge in [-0.05, 0) is 42.5 Å². The van der Waals surface area contributed by atoms with Gasteiger partial charge in [0.1, 0.15) is 12.1 Å². The van der Waals surface area contributed by atoms with Gasteiger partial charge in [0.15, 0.2) is 0 Å². The highest BCUT2D eigenvalue weighted by Gasteiger charge is 2.27. The van der Waals surface area contributed by atoms with Crippen molar-refractivity contribution in [2.75, 3.05) is 18.0 Å². The number of aromatic nitrogens is 2. The van der Waals surface area contributed by atoms with E-state index in [-0.39, 0.29) is 5.92 Å². The minimum absolute atomic E-state index is 0.348. The summed E-state index contributed by atoms with van der Waals surface area (Å²) in [6, 6.07) is 14.4. The lowest BCUT2D eigenvalue weighted by Crippen LogP contribution is -2.39. The van der Waals surface area contributed by atoms with Crippen LogP contribution in [0.4, 0.5) is 5.82 Å². The third kappa shape index (κ3) is 2.90. The molecule has 1 saturated heterocycles. The normalized spacial score (nSPS) is 17.4. The molecule has 2 heterocycles. The number of nitrogens with zero attached hydrogens (tertiary/aromatic N) is 3. The standard InChI is InChI=1S/C21H21N3O2/c1-14-6-2-3-8-16(14)17-9-4-10-18-19(17)20(23-13-22-18)24-11-5-7-15(12-24)21(25)26/h2-4,6,8-10,13,15H,5,7,11-12H2,1H3,(H,25,26). The average Bonchev–Trinajstić information content (AvgIpc) is 2.67. The van der Waals surface area contributed by atoms with E-state index < -0.39 is 5.97 Å². The molecule has 1 fully saturated rings. The van der Waals surface area contributed by atoms with Crippen LogP contribution in [0.15, 0.2) is 48.8 Å². The van der Waals surface area contributed by atoms with E-state index >= 15 is 0 Å². The molecule has 5 heteroatoms. The van der Waals surface area contributed by atoms with Crippen LogP contribution < -0.4 is 4.90 Å². The van der Waals surface area contributed by atoms with Crippen LogP contribution in [0.3, 0.4) is 0 Å². The molecule has 3 aromatic rings. The number of carboxylic acids is 1. The molecular formula is C21H21N3O2. The van der Waals surface area contributed by atoms with Crippen molar-refractivity contribution in [2.45, 2.75) is 19.8 Å². The first-order valence-electron chi connectivity index (χ1n) is 8.92. The summed E-state index contributed by atoms with van der Waals surface area (Å²) in [5.74, 6) is -0.244. The van der Waals surface area contributed by atoms with Crippen LogP contribution >= 0.6 is 0 Å². The number of hydrogen-bond acceptors (Lipinski definition) is 4. The Bertz CT molecular complexity index is 965. The molecule has 0 saturated carbocycles. The maximum atomic E-state index is 11.5. The Kier molecular flexibility index (Phi) is 4.29. The summed E-state index contributed by atoms with van der Waals surface area (Å²) < 4.78 is 0. The number of fused-ring (bicyclic) bond motifs is 1. The molecule has 0 radical (unpaired) electrons. The summed E-state index contributed by atoms with van der Waals surface area (Å²) in [5, 5.41) is 10.4. The molecule has 2 aromatic carbocycles. The second-order valence-corrected chi connectivity index (χ2v) is 6.84. The van der Waals surface area contributed by atoms with E-state index in [0.717, 1.165) is 47.2 Å². The fourth-order valence-electron chi connectivity index (χ4n) is 3.80. The van der Waals surface area contributed by atoms with Gasteiger partial charge in [-0.1, -0.05) is 36.4 Å². The fraction of sp³-hybridized carbons (Fsp3) is 0.286. The van der Waals surface area contributed by atoms with Crippen molar-refractivity contribution < 1.29 is 9.90 Å². The van der Waals surface area contributed by atoms with Gasteiger partial charge < -0.3 is 10.0 Å². The first-order chi connectivity index (χ1) is 12.6. The molecule has 0 amide bonds. The van der Waals surface area contributed by atoms with Crippen LogP contribution in [0.1, 0.15) is 18.4 Å². The van der Waals surface area contributed by atoms with Crippen LogP contribution in [0.2, 0.25) is 0 Å². The van der Waals surface area contributed by atoms with Gasteiger partial charge in [0, 0.05) is 13.1 Å². The second kappa shape index (κ2) is 6.75. The van der Waals surface area contributed by atoms with Crippen LogP contribution in [-0.2, 0) is 4.79 Å². The third-order valence-corrected chi connectivity index (χ3v) is 5.15. The first-order valence-corrected chi connectivity index (χ1v) is 8.92. The van der Waals surface area contributed by atoms with Gasteiger partial charge >= 0.3 is 5.97 Å². The number of carbonyl (C=O) groups is 1. The van der Waals surface area contributed by atoms with Crippen molar-refractivity contribution in [3.63, 3.8) is 0 Å². The van der Waals surface area contributed by atoms with Gasteiger partial charge in [0.2, 0.25) is 0 Å². The molecule has 132 valence electrons. The molecule has 5 nitrogen and oxygen atoms in total. The number of piperidine rings is 1. The van der Waals surface area contributed by atoms with E-state index in [4.69, 9.17) is 0 Å². The van der Waals surface area contributed by atoms with Gasteiger partial charge in [0.05, 0.1) is 16.8 Å². The summed E-state index contributed by atoms with van der Waals surface area (Å²) in [6.07, 6.45) is 3.15. The van der Waals surface area contributed by atoms with Crippen molar-refractivity contribution in [1.29, 1.82) is 0 Å². The molecule has 1 aliphatic rings. The van der Waals surface area contributed by atoms with Crippen molar-refractivity contribution in [3.8, 4) is 11.1 Å². The van der Waals surface area contributed by atoms with Crippen molar-refractivity contribution in [2.24, 2.45) is 5.92 Å². The third-order valence-electron chi connectivity index (χ3n) is 5.15. The summed E-state index contributed by atoms with van der Waals surface area (Å²) in [4.78, 5) is 22.6. The molecule has 0 aliphatic carbocycles. The minimum Gasteiger partial charge on any atom is -0.481 e. The van der Waals surface area contributed by atoms with Gasteiger partial charge in [-0.3, -0.25) is 4.79 Å². The zero-order chi connectivity index (χ0) is 18.1. The summed E-state index contributed by atoms with van der Waals surface area (Å²) >= 11 is 0. The average molecular weight is 347 g/mol. The van der Waals surface area contributed by atoms with Gasteiger partial charge in [0.25, 0.3) is 0 Å². The van der Waals surface area contributed by atoms with Crippen molar-refractivity contribution in [1.82, 2.24) is 9.97 Å². The van der Waals surface area contributed by atoms with Crippen LogP contribution in [0, 0.1) is 12.8 Å². The molecule has 1 N–H and O–H groups in total. The lowest BCUT2D eigenvalue weighted by Gasteiger charge is -2.32. The largest absolute Gasteiger partial charge is 0.481 e. The van der Waals surface area contributed by atoms with E-state index in [1.54, 1.807) is 6.33 Å². The number of rotatable bonds is 3. The Hall–Kier alpha value is -2.95. The Morgan fingerprint density at radius 2 is 1.92 bits per heavy atom. The molecule has 0 spiro atoms. The number of aliphatic carboxylic acids is 1. The molecule has 1 atom stereocenters. The zero-order valence-corrected chi connectivity index (χ0v) is 14.7. The van der Waals surface area contributed by atoms with Crippen molar-refractivity contribution in [3.05, 3.63) is 54.4 Å². The Labute approximate surface area is 152 Å². The molecule has 4 rings (SSSR count). The van der Waals surface area contributed by atoms with Crippen molar-refractivity contribution >= 4 is 22.7 Å². The summed E-state index contributed by atoms with van der Waals surface area (Å²) in [7, 11) is 0. The van der Waals surface area contributed by atoms with Crippen LogP contribution in [-0.4, -0.2) is 34.1 Å². The topological polar surface area (TPSA) is 66.3 Å². The highest BCUT2D eigenvalue weighted by molar-refractivity contribution is 6.02. The fourth-order valence-corrected chi connectivity index (χ4v) is 3.80. The van der Waals surface area contributed by atoms with E-state index in [2.05, 4.69) is 40.0 Å². The second-order valence-electron chi connectivity index (χ2n) is 6.84. The maximum Gasteiger partial charge on any atom is 0.308 e. The number of hydrogen-bond donors (Lipinski definition) is 1. The van der Waals surface area contributed by atoms with Gasteiger partial charge in [-0.25, -0.2) is 9.97 Å². The van der Waals surface area contributed by atoms with E-state index in [0.29, 0.717) is 6.54 Å². The molecule has 1 aliphatic heterocycles. The molecule has 1 aromatic heterocycles. The highest BCUT2D eigenvalue weighted by Crippen LogP contribution is 2.36. The van der Waals surface area contributed by atoms with Crippen LogP contribution in [0.25, 0.3) is 22.0 Å². The number of aryl methyl sites for hydroxylation is 1. The quantitative estimate of drug-likeness (QED) is 0.778. The molecular weight excluding hydrogens is 326 g/mol. The predicted molar refractivity (Wildman–Crippen MR) is 102 cm³/mol. The van der Waals surface area contributed by atoms with Gasteiger partial charge in [-0.2, -0.15) is 0 Å². The van der Waals surface area contributed by atoms with E-state index in [9.17, 15) is 9.90 Å². The Morgan fingerprint density at radius 1 is 1.12 bits per heavy atom. The monoisotopic (exact) mass is 347 g/mol. The smallest absolute Gasteiger partial charge is 0.308 e. The number of benzene rings is 2. The SMILES string of the molecule is Cc1ccccc1-c1cccc2ncnc(N3CCCC(C(=O)O)C3)c12. The van der Waals surface area contributed by atoms with Gasteiger partial charge in [-0.15, -0.1) is 0 Å². The highest BCUT2D eigenvalue weighted by atomic mass is 16.4. The molecule has 1 unspecified atom stereocenters. The lowest BCUT2D eigenvalue weighted by atomic mass is 9.95. The molecule has 26 heavy (non-hydrogen) atoms. The lowest BCUT2D eigenvalue weighted by molar-refractivity contribution is -0.141. The Balaban J connectivity index is 1.88. The zero-order valence-electron chi connectivity index (χ0n) is 14.7. The molecule has 0 bridgehead atoms. The predicted octanol–water partition coefficient (Wildman–Crippen LogP) is 3.91. The number of anilines is 1. The summed E-state index contributed by atoms with van der Waals surface area (Å²) in [6.45, 7) is 3.40.